The van der Waals surface area contributed by atoms with E-state index in [9.17, 15) is 9.90 Å². The van der Waals surface area contributed by atoms with Crippen LogP contribution in [0.2, 0.25) is 0 Å². The molecular formula is C10H20N2O2. The Labute approximate surface area is 85.1 Å². The first kappa shape index (κ1) is 11.5. The topological polar surface area (TPSA) is 61.4 Å². The molecule has 0 aromatic rings. The third-order valence-corrected chi connectivity index (χ3v) is 2.48. The molecule has 1 amide bonds. The van der Waals surface area contributed by atoms with Gasteiger partial charge in [-0.05, 0) is 13.0 Å². The van der Waals surface area contributed by atoms with E-state index < -0.39 is 5.60 Å². The molecule has 0 aromatic carbocycles. The van der Waals surface area contributed by atoms with Crippen LogP contribution >= 0.6 is 0 Å². The zero-order valence-corrected chi connectivity index (χ0v) is 9.18. The maximum Gasteiger partial charge on any atom is 0.225 e. The van der Waals surface area contributed by atoms with Gasteiger partial charge >= 0.3 is 0 Å². The Hall–Kier alpha value is -0.610. The van der Waals surface area contributed by atoms with Gasteiger partial charge in [0.1, 0.15) is 0 Å². The van der Waals surface area contributed by atoms with Crippen LogP contribution in [-0.2, 0) is 4.79 Å². The van der Waals surface area contributed by atoms with Crippen LogP contribution in [0.25, 0.3) is 0 Å². The lowest BCUT2D eigenvalue weighted by Crippen LogP contribution is -2.47. The van der Waals surface area contributed by atoms with Crippen molar-refractivity contribution < 1.29 is 9.90 Å². The fourth-order valence-electron chi connectivity index (χ4n) is 1.39. The second-order valence-corrected chi connectivity index (χ2v) is 5.08. The fraction of sp³-hybridized carbons (Fsp3) is 0.900. The first-order valence-electron chi connectivity index (χ1n) is 5.05. The molecule has 3 N–H and O–H groups in total. The van der Waals surface area contributed by atoms with Gasteiger partial charge < -0.3 is 15.7 Å². The molecule has 1 fully saturated rings. The molecule has 0 aliphatic carbocycles. The van der Waals surface area contributed by atoms with E-state index in [1.807, 2.05) is 20.8 Å². The summed E-state index contributed by atoms with van der Waals surface area (Å²) in [5.41, 5.74) is -1.14. The molecule has 4 nitrogen and oxygen atoms in total. The molecule has 0 saturated carbocycles. The highest BCUT2D eigenvalue weighted by molar-refractivity contribution is 5.81. The number of hydrogen-bond acceptors (Lipinski definition) is 3. The van der Waals surface area contributed by atoms with Crippen molar-refractivity contribution in [1.82, 2.24) is 10.6 Å². The van der Waals surface area contributed by atoms with Crippen LogP contribution in [0.4, 0.5) is 0 Å². The highest BCUT2D eigenvalue weighted by atomic mass is 16.3. The Bertz CT molecular complexity index is 215. The van der Waals surface area contributed by atoms with Crippen molar-refractivity contribution in [1.29, 1.82) is 0 Å². The number of β-amino-alcohol motifs (C(OH)–C–C–N with tert-alkyl or cyclic N) is 1. The lowest BCUT2D eigenvalue weighted by Gasteiger charge is -2.24. The number of hydrogen-bond donors (Lipinski definition) is 3. The minimum absolute atomic E-state index is 0.0159. The normalized spacial score (nSPS) is 27.7. The summed E-state index contributed by atoms with van der Waals surface area (Å²) in [5, 5.41) is 15.8. The van der Waals surface area contributed by atoms with Crippen molar-refractivity contribution in [3.05, 3.63) is 0 Å². The SMILES string of the molecule is CC(C)(C)C(=O)NCC1(O)CCNC1. The number of amides is 1. The van der Waals surface area contributed by atoms with Gasteiger partial charge in [0.15, 0.2) is 0 Å². The largest absolute Gasteiger partial charge is 0.387 e. The second kappa shape index (κ2) is 3.87. The first-order chi connectivity index (χ1) is 6.33. The smallest absolute Gasteiger partial charge is 0.225 e. The van der Waals surface area contributed by atoms with Crippen LogP contribution in [0.1, 0.15) is 27.2 Å². The maximum absolute atomic E-state index is 11.5. The van der Waals surface area contributed by atoms with Crippen molar-refractivity contribution in [2.45, 2.75) is 32.8 Å². The third kappa shape index (κ3) is 2.96. The summed E-state index contributed by atoms with van der Waals surface area (Å²) < 4.78 is 0. The van der Waals surface area contributed by atoms with Gasteiger partial charge in [-0.2, -0.15) is 0 Å². The predicted molar refractivity (Wildman–Crippen MR) is 54.9 cm³/mol. The van der Waals surface area contributed by atoms with Crippen LogP contribution in [0.15, 0.2) is 0 Å². The molecule has 14 heavy (non-hydrogen) atoms. The van der Waals surface area contributed by atoms with E-state index in [-0.39, 0.29) is 11.3 Å². The average molecular weight is 200 g/mol. The zero-order chi connectivity index (χ0) is 10.8. The summed E-state index contributed by atoms with van der Waals surface area (Å²) in [6.07, 6.45) is 0.706. The van der Waals surface area contributed by atoms with Gasteiger partial charge in [-0.25, -0.2) is 0 Å². The molecule has 0 radical (unpaired) electrons. The predicted octanol–water partition coefficient (Wildman–Crippen LogP) is -0.127. The molecule has 0 bridgehead atoms. The Morgan fingerprint density at radius 3 is 2.64 bits per heavy atom. The molecular weight excluding hydrogens is 180 g/mol. The van der Waals surface area contributed by atoms with Crippen LogP contribution < -0.4 is 10.6 Å². The van der Waals surface area contributed by atoms with Gasteiger partial charge in [-0.3, -0.25) is 4.79 Å². The average Bonchev–Trinajstić information content (AvgIpc) is 2.47. The summed E-state index contributed by atoms with van der Waals surface area (Å²) in [4.78, 5) is 11.5. The number of rotatable bonds is 2. The number of carbonyl (C=O) groups excluding carboxylic acids is 1. The maximum atomic E-state index is 11.5. The molecule has 1 heterocycles. The third-order valence-electron chi connectivity index (χ3n) is 2.48. The minimum atomic E-state index is -0.749. The van der Waals surface area contributed by atoms with E-state index in [4.69, 9.17) is 0 Å². The molecule has 1 aliphatic heterocycles. The van der Waals surface area contributed by atoms with Gasteiger partial charge in [0.2, 0.25) is 5.91 Å². The van der Waals surface area contributed by atoms with Gasteiger partial charge in [0.05, 0.1) is 5.60 Å². The summed E-state index contributed by atoms with van der Waals surface area (Å²) >= 11 is 0. The first-order valence-corrected chi connectivity index (χ1v) is 5.05. The van der Waals surface area contributed by atoms with E-state index in [0.29, 0.717) is 19.5 Å². The van der Waals surface area contributed by atoms with Crippen LogP contribution in [-0.4, -0.2) is 36.2 Å². The van der Waals surface area contributed by atoms with Crippen molar-refractivity contribution >= 4 is 5.91 Å². The summed E-state index contributed by atoms with van der Waals surface area (Å²) in [5.74, 6) is -0.0159. The van der Waals surface area contributed by atoms with Gasteiger partial charge in [-0.15, -0.1) is 0 Å². The molecule has 1 unspecified atom stereocenters. The van der Waals surface area contributed by atoms with E-state index in [1.54, 1.807) is 0 Å². The molecule has 1 rings (SSSR count). The monoisotopic (exact) mass is 200 g/mol. The van der Waals surface area contributed by atoms with E-state index >= 15 is 0 Å². The van der Waals surface area contributed by atoms with Crippen molar-refractivity contribution in [3.63, 3.8) is 0 Å². The number of aliphatic hydroxyl groups is 1. The molecule has 0 aromatic heterocycles. The second-order valence-electron chi connectivity index (χ2n) is 5.08. The molecule has 1 atom stereocenters. The lowest BCUT2D eigenvalue weighted by molar-refractivity contribution is -0.129. The highest BCUT2D eigenvalue weighted by Gasteiger charge is 2.32. The standard InChI is InChI=1S/C10H20N2O2/c1-9(2,3)8(13)12-7-10(14)4-5-11-6-10/h11,14H,4-7H2,1-3H3,(H,12,13). The molecule has 82 valence electrons. The number of carbonyl (C=O) groups is 1. The summed E-state index contributed by atoms with van der Waals surface area (Å²) in [6.45, 7) is 7.31. The van der Waals surface area contributed by atoms with Crippen LogP contribution in [0.3, 0.4) is 0 Å². The van der Waals surface area contributed by atoms with E-state index in [2.05, 4.69) is 10.6 Å². The van der Waals surface area contributed by atoms with Crippen molar-refractivity contribution in [2.75, 3.05) is 19.6 Å². The summed E-state index contributed by atoms with van der Waals surface area (Å²) in [7, 11) is 0. The van der Waals surface area contributed by atoms with Gasteiger partial charge in [0.25, 0.3) is 0 Å². The Kier molecular flexibility index (Phi) is 3.17. The van der Waals surface area contributed by atoms with Crippen molar-refractivity contribution in [3.8, 4) is 0 Å². The zero-order valence-electron chi connectivity index (χ0n) is 9.18. The number of nitrogens with one attached hydrogen (secondary N) is 2. The molecule has 1 saturated heterocycles. The van der Waals surface area contributed by atoms with E-state index in [1.165, 1.54) is 0 Å². The molecule has 4 heteroatoms. The van der Waals surface area contributed by atoms with E-state index in [0.717, 1.165) is 6.54 Å². The van der Waals surface area contributed by atoms with Gasteiger partial charge in [0, 0.05) is 18.5 Å². The Morgan fingerprint density at radius 2 is 2.21 bits per heavy atom. The fourth-order valence-corrected chi connectivity index (χ4v) is 1.39. The Balaban J connectivity index is 2.37. The van der Waals surface area contributed by atoms with Gasteiger partial charge in [-0.1, -0.05) is 20.8 Å². The van der Waals surface area contributed by atoms with Crippen LogP contribution in [0.5, 0.6) is 0 Å². The quantitative estimate of drug-likeness (QED) is 0.582. The minimum Gasteiger partial charge on any atom is -0.387 e. The molecule has 1 aliphatic rings. The lowest BCUT2D eigenvalue weighted by atomic mass is 9.95. The summed E-state index contributed by atoms with van der Waals surface area (Å²) in [6, 6.07) is 0. The molecule has 0 spiro atoms. The van der Waals surface area contributed by atoms with Crippen molar-refractivity contribution in [2.24, 2.45) is 5.41 Å². The highest BCUT2D eigenvalue weighted by Crippen LogP contribution is 2.15. The Morgan fingerprint density at radius 1 is 1.57 bits per heavy atom. The van der Waals surface area contributed by atoms with Crippen LogP contribution in [0, 0.1) is 5.41 Å².